The van der Waals surface area contributed by atoms with Crippen LogP contribution in [0, 0.1) is 6.92 Å². The molecule has 0 heterocycles. The maximum Gasteiger partial charge on any atom is 0.242 e. The predicted molar refractivity (Wildman–Crippen MR) is 73.6 cm³/mol. The molecule has 5 heteroatoms. The van der Waals surface area contributed by atoms with Crippen LogP contribution >= 0.6 is 15.9 Å². The lowest BCUT2D eigenvalue weighted by atomic mass is 10.0. The molecule has 0 spiro atoms. The van der Waals surface area contributed by atoms with Gasteiger partial charge in [-0.1, -0.05) is 13.0 Å². The van der Waals surface area contributed by atoms with E-state index in [1.807, 2.05) is 27.7 Å². The number of rotatable bonds is 4. The summed E-state index contributed by atoms with van der Waals surface area (Å²) in [6.45, 7) is 7.61. The molecule has 96 valence electrons. The van der Waals surface area contributed by atoms with Crippen molar-refractivity contribution in [2.45, 2.75) is 44.6 Å². The second kappa shape index (κ2) is 5.08. The Balaban J connectivity index is 3.14. The molecule has 0 radical (unpaired) electrons. The third kappa shape index (κ3) is 3.79. The minimum atomic E-state index is -3.47. The number of nitrogens with one attached hydrogen (secondary N) is 1. The first-order valence-corrected chi connectivity index (χ1v) is 7.76. The van der Waals surface area contributed by atoms with E-state index >= 15 is 0 Å². The zero-order chi connectivity index (χ0) is 13.3. The molecule has 0 saturated heterocycles. The van der Waals surface area contributed by atoms with Crippen molar-refractivity contribution in [2.24, 2.45) is 0 Å². The highest BCUT2D eigenvalue weighted by Crippen LogP contribution is 2.24. The SMILES string of the molecule is CCC(C)(C)NS(=O)(=O)c1ccc(C)cc1Br. The van der Waals surface area contributed by atoms with Crippen LogP contribution in [0.3, 0.4) is 0 Å². The second-order valence-corrected chi connectivity index (χ2v) is 7.28. The fourth-order valence-corrected chi connectivity index (χ4v) is 3.99. The van der Waals surface area contributed by atoms with Gasteiger partial charge in [0.25, 0.3) is 0 Å². The molecule has 17 heavy (non-hydrogen) atoms. The average molecular weight is 320 g/mol. The lowest BCUT2D eigenvalue weighted by Crippen LogP contribution is -2.42. The second-order valence-electron chi connectivity index (χ2n) is 4.78. The standard InChI is InChI=1S/C12H18BrNO2S/c1-5-12(3,4)14-17(15,16)11-7-6-9(2)8-10(11)13/h6-8,14H,5H2,1-4H3. The molecule has 0 saturated carbocycles. The van der Waals surface area contributed by atoms with Crippen molar-refractivity contribution in [3.05, 3.63) is 28.2 Å². The fourth-order valence-electron chi connectivity index (χ4n) is 1.31. The Morgan fingerprint density at radius 2 is 1.94 bits per heavy atom. The van der Waals surface area contributed by atoms with E-state index in [-0.39, 0.29) is 4.90 Å². The Kier molecular flexibility index (Phi) is 4.38. The molecule has 0 aromatic heterocycles. The van der Waals surface area contributed by atoms with Crippen LogP contribution in [-0.4, -0.2) is 14.0 Å². The summed E-state index contributed by atoms with van der Waals surface area (Å²) in [5, 5.41) is 0. The molecular weight excluding hydrogens is 302 g/mol. The summed E-state index contributed by atoms with van der Waals surface area (Å²) in [4.78, 5) is 0.282. The molecule has 0 atom stereocenters. The maximum atomic E-state index is 12.2. The third-order valence-corrected chi connectivity index (χ3v) is 5.35. The first-order valence-electron chi connectivity index (χ1n) is 5.48. The van der Waals surface area contributed by atoms with Crippen LogP contribution in [0.1, 0.15) is 32.8 Å². The highest BCUT2D eigenvalue weighted by molar-refractivity contribution is 9.10. The van der Waals surface area contributed by atoms with Gasteiger partial charge in [-0.3, -0.25) is 0 Å². The van der Waals surface area contributed by atoms with Gasteiger partial charge in [-0.25, -0.2) is 13.1 Å². The molecule has 0 aliphatic carbocycles. The Hall–Kier alpha value is -0.390. The first-order chi connectivity index (χ1) is 7.68. The Morgan fingerprint density at radius 3 is 2.41 bits per heavy atom. The van der Waals surface area contributed by atoms with E-state index in [2.05, 4.69) is 20.7 Å². The summed E-state index contributed by atoms with van der Waals surface area (Å²) in [6.07, 6.45) is 0.732. The van der Waals surface area contributed by atoms with Gasteiger partial charge in [0.1, 0.15) is 0 Å². The highest BCUT2D eigenvalue weighted by Gasteiger charge is 2.25. The quantitative estimate of drug-likeness (QED) is 0.926. The van der Waals surface area contributed by atoms with E-state index in [0.29, 0.717) is 4.47 Å². The number of hydrogen-bond donors (Lipinski definition) is 1. The lowest BCUT2D eigenvalue weighted by Gasteiger charge is -2.24. The molecule has 3 nitrogen and oxygen atoms in total. The number of hydrogen-bond acceptors (Lipinski definition) is 2. The van der Waals surface area contributed by atoms with Gasteiger partial charge in [0.15, 0.2) is 0 Å². The lowest BCUT2D eigenvalue weighted by molar-refractivity contribution is 0.439. The summed E-state index contributed by atoms with van der Waals surface area (Å²) in [5.41, 5.74) is 0.578. The van der Waals surface area contributed by atoms with Crippen molar-refractivity contribution in [3.63, 3.8) is 0 Å². The van der Waals surface area contributed by atoms with Gasteiger partial charge < -0.3 is 0 Å². The zero-order valence-electron chi connectivity index (χ0n) is 10.5. The fraction of sp³-hybridized carbons (Fsp3) is 0.500. The zero-order valence-corrected chi connectivity index (χ0v) is 12.9. The largest absolute Gasteiger partial charge is 0.242 e. The number of sulfonamides is 1. The summed E-state index contributed by atoms with van der Waals surface area (Å²) in [5.74, 6) is 0. The van der Waals surface area contributed by atoms with E-state index in [0.717, 1.165) is 12.0 Å². The Morgan fingerprint density at radius 1 is 1.35 bits per heavy atom. The molecule has 1 rings (SSSR count). The summed E-state index contributed by atoms with van der Waals surface area (Å²) in [6, 6.07) is 5.21. The maximum absolute atomic E-state index is 12.2. The van der Waals surface area contributed by atoms with Gasteiger partial charge in [-0.05, 0) is 60.8 Å². The van der Waals surface area contributed by atoms with Gasteiger partial charge >= 0.3 is 0 Å². The molecule has 0 unspecified atom stereocenters. The van der Waals surface area contributed by atoms with Gasteiger partial charge in [-0.2, -0.15) is 0 Å². The summed E-state index contributed by atoms with van der Waals surface area (Å²) >= 11 is 3.29. The van der Waals surface area contributed by atoms with Crippen LogP contribution in [0.25, 0.3) is 0 Å². The number of halogens is 1. The van der Waals surface area contributed by atoms with Crippen molar-refractivity contribution in [3.8, 4) is 0 Å². The Labute approximate surface area is 112 Å². The van der Waals surface area contributed by atoms with Crippen LogP contribution in [0.2, 0.25) is 0 Å². The van der Waals surface area contributed by atoms with Gasteiger partial charge in [0.05, 0.1) is 4.90 Å². The summed E-state index contributed by atoms with van der Waals surface area (Å²) < 4.78 is 27.7. The van der Waals surface area contributed by atoms with Crippen molar-refractivity contribution in [2.75, 3.05) is 0 Å². The van der Waals surface area contributed by atoms with Crippen LogP contribution in [0.15, 0.2) is 27.6 Å². The smallest absolute Gasteiger partial charge is 0.207 e. The molecule has 0 aliphatic heterocycles. The molecule has 0 bridgehead atoms. The Bertz CT molecular complexity index is 509. The van der Waals surface area contributed by atoms with Gasteiger partial charge in [0.2, 0.25) is 10.0 Å². The average Bonchev–Trinajstić information content (AvgIpc) is 2.15. The van der Waals surface area contributed by atoms with E-state index in [4.69, 9.17) is 0 Å². The highest BCUT2D eigenvalue weighted by atomic mass is 79.9. The molecule has 1 aromatic rings. The molecule has 0 fully saturated rings. The van der Waals surface area contributed by atoms with Crippen molar-refractivity contribution in [1.29, 1.82) is 0 Å². The minimum Gasteiger partial charge on any atom is -0.207 e. The van der Waals surface area contributed by atoms with Gasteiger partial charge in [0, 0.05) is 10.0 Å². The molecule has 1 N–H and O–H groups in total. The van der Waals surface area contributed by atoms with Crippen LogP contribution in [0.5, 0.6) is 0 Å². The van der Waals surface area contributed by atoms with Crippen LogP contribution in [0.4, 0.5) is 0 Å². The van der Waals surface area contributed by atoms with Crippen molar-refractivity contribution < 1.29 is 8.42 Å². The normalized spacial score (nSPS) is 12.8. The predicted octanol–water partition coefficient (Wildman–Crippen LogP) is 3.22. The van der Waals surface area contributed by atoms with E-state index in [9.17, 15) is 8.42 Å². The third-order valence-electron chi connectivity index (χ3n) is 2.67. The topological polar surface area (TPSA) is 46.2 Å². The molecule has 0 amide bonds. The monoisotopic (exact) mass is 319 g/mol. The molecule has 0 aliphatic rings. The van der Waals surface area contributed by atoms with Crippen LogP contribution in [-0.2, 0) is 10.0 Å². The van der Waals surface area contributed by atoms with Crippen molar-refractivity contribution >= 4 is 26.0 Å². The first kappa shape index (κ1) is 14.7. The van der Waals surface area contributed by atoms with E-state index in [1.165, 1.54) is 0 Å². The van der Waals surface area contributed by atoms with E-state index in [1.54, 1.807) is 18.2 Å². The van der Waals surface area contributed by atoms with Crippen LogP contribution < -0.4 is 4.72 Å². The summed E-state index contributed by atoms with van der Waals surface area (Å²) in [7, 11) is -3.47. The van der Waals surface area contributed by atoms with E-state index < -0.39 is 15.6 Å². The minimum absolute atomic E-state index is 0.282. The molecule has 1 aromatic carbocycles. The number of benzene rings is 1. The molecular formula is C12H18BrNO2S. The van der Waals surface area contributed by atoms with Gasteiger partial charge in [-0.15, -0.1) is 0 Å². The van der Waals surface area contributed by atoms with Crippen molar-refractivity contribution in [1.82, 2.24) is 4.72 Å². The number of aryl methyl sites for hydroxylation is 1.